The molecule has 0 saturated carbocycles. The molecule has 3 heterocycles. The molecule has 11 heteroatoms. The van der Waals surface area contributed by atoms with Crippen molar-refractivity contribution in [1.29, 1.82) is 0 Å². The molecular weight excluding hydrogens is 693 g/mol. The highest BCUT2D eigenvalue weighted by Crippen LogP contribution is 2.29. The van der Waals surface area contributed by atoms with Crippen LogP contribution in [-0.4, -0.2) is 85.8 Å². The first-order valence-electron chi connectivity index (χ1n) is 19.1. The van der Waals surface area contributed by atoms with E-state index in [1.54, 1.807) is 36.8 Å². The first-order chi connectivity index (χ1) is 26.1. The first kappa shape index (κ1) is 40.9. The van der Waals surface area contributed by atoms with E-state index in [0.29, 0.717) is 32.5 Å². The van der Waals surface area contributed by atoms with E-state index in [1.807, 2.05) is 119 Å². The van der Waals surface area contributed by atoms with E-state index in [-0.39, 0.29) is 18.4 Å². The van der Waals surface area contributed by atoms with Crippen molar-refractivity contribution in [1.82, 2.24) is 30.4 Å². The number of nitrogens with one attached hydrogen (secondary N) is 2. The van der Waals surface area contributed by atoms with Crippen LogP contribution in [0.5, 0.6) is 0 Å². The number of rotatable bonds is 14. The number of aliphatic hydroxyl groups is 1. The van der Waals surface area contributed by atoms with Gasteiger partial charge in [0.1, 0.15) is 11.6 Å². The van der Waals surface area contributed by atoms with Crippen molar-refractivity contribution in [2.24, 2.45) is 5.41 Å². The molecule has 55 heavy (non-hydrogen) atoms. The minimum absolute atomic E-state index is 0.130. The van der Waals surface area contributed by atoms with Gasteiger partial charge >= 0.3 is 12.1 Å². The van der Waals surface area contributed by atoms with Crippen LogP contribution in [0.25, 0.3) is 11.3 Å². The predicted molar refractivity (Wildman–Crippen MR) is 214 cm³/mol. The lowest BCUT2D eigenvalue weighted by Gasteiger charge is -2.38. The number of nitrogens with zero attached hydrogens (tertiary/aromatic N) is 4. The number of alkyl carbamates (subject to hydrolysis) is 1. The van der Waals surface area contributed by atoms with Gasteiger partial charge in [-0.1, -0.05) is 87.5 Å². The fourth-order valence-electron chi connectivity index (χ4n) is 7.04. The fraction of sp³-hybridized carbons (Fsp3) is 0.432. The third-order valence-corrected chi connectivity index (χ3v) is 9.54. The summed E-state index contributed by atoms with van der Waals surface area (Å²) in [6.45, 7) is 14.3. The van der Waals surface area contributed by atoms with E-state index in [9.17, 15) is 19.5 Å². The fourth-order valence-corrected chi connectivity index (χ4v) is 7.04. The van der Waals surface area contributed by atoms with E-state index in [0.717, 1.165) is 33.8 Å². The maximum absolute atomic E-state index is 14.5. The van der Waals surface area contributed by atoms with Crippen LogP contribution in [-0.2, 0) is 28.9 Å². The second-order valence-electron chi connectivity index (χ2n) is 16.5. The van der Waals surface area contributed by atoms with Gasteiger partial charge in [-0.2, -0.15) is 0 Å². The Kier molecular flexibility index (Phi) is 13.3. The first-order valence-corrected chi connectivity index (χ1v) is 19.1. The summed E-state index contributed by atoms with van der Waals surface area (Å²) in [6, 6.07) is 26.8. The van der Waals surface area contributed by atoms with Crippen LogP contribution < -0.4 is 10.6 Å². The van der Waals surface area contributed by atoms with Gasteiger partial charge in [-0.05, 0) is 87.8 Å². The Morgan fingerprint density at radius 2 is 1.53 bits per heavy atom. The number of ether oxygens (including phenoxy) is 1. The number of amides is 4. The lowest BCUT2D eigenvalue weighted by atomic mass is 9.84. The SMILES string of the molecule is Cc1cccc(CN2CCN([C@H](C(=O)N[C@@H](Cc3ccc(-c4ccccn4)cc3)[C@@H](O)C[C@H](Cc3ccccc3)NC(=O)OC(C)(C)C)C(C)(C)C)C2=O)n1. The Labute approximate surface area is 325 Å². The topological polar surface area (TPSA) is 137 Å². The lowest BCUT2D eigenvalue weighted by Crippen LogP contribution is -2.58. The number of pyridine rings is 2. The lowest BCUT2D eigenvalue weighted by molar-refractivity contribution is -0.130. The molecular formula is C44H56N6O5. The second kappa shape index (κ2) is 17.9. The van der Waals surface area contributed by atoms with Gasteiger partial charge in [0.15, 0.2) is 0 Å². The molecule has 0 unspecified atom stereocenters. The minimum atomic E-state index is -1.08. The van der Waals surface area contributed by atoms with Crippen LogP contribution in [0, 0.1) is 12.3 Å². The van der Waals surface area contributed by atoms with E-state index >= 15 is 0 Å². The highest BCUT2D eigenvalue weighted by Gasteiger charge is 2.44. The van der Waals surface area contributed by atoms with Gasteiger partial charge < -0.3 is 30.3 Å². The molecule has 292 valence electrons. The Morgan fingerprint density at radius 1 is 0.836 bits per heavy atom. The van der Waals surface area contributed by atoms with Gasteiger partial charge in [-0.3, -0.25) is 14.8 Å². The second-order valence-corrected chi connectivity index (χ2v) is 16.5. The van der Waals surface area contributed by atoms with Gasteiger partial charge in [0, 0.05) is 36.6 Å². The average Bonchev–Trinajstić information content (AvgIpc) is 3.45. The highest BCUT2D eigenvalue weighted by molar-refractivity contribution is 5.89. The number of aryl methyl sites for hydroxylation is 1. The molecule has 1 fully saturated rings. The third-order valence-electron chi connectivity index (χ3n) is 9.54. The zero-order valence-electron chi connectivity index (χ0n) is 33.2. The Morgan fingerprint density at radius 3 is 2.16 bits per heavy atom. The highest BCUT2D eigenvalue weighted by atomic mass is 16.6. The van der Waals surface area contributed by atoms with Crippen molar-refractivity contribution in [2.45, 2.75) is 104 Å². The van der Waals surface area contributed by atoms with Gasteiger partial charge in [0.25, 0.3) is 0 Å². The van der Waals surface area contributed by atoms with Crippen LogP contribution in [0.3, 0.4) is 0 Å². The smallest absolute Gasteiger partial charge is 0.407 e. The molecule has 4 amide bonds. The number of aliphatic hydroxyl groups excluding tert-OH is 1. The molecule has 0 spiro atoms. The molecule has 11 nitrogen and oxygen atoms in total. The van der Waals surface area contributed by atoms with Gasteiger partial charge in [0.05, 0.1) is 30.1 Å². The standard InChI is InChI=1S/C44H56N6O5/c1-30-14-13-17-34(46-30)29-49-24-25-50(42(49)54)39(43(2,3)4)40(52)48-37(27-32-19-21-33(22-20-32)36-18-11-12-23-45-36)38(51)28-35(26-31-15-9-8-10-16-31)47-41(53)55-44(5,6)7/h8-23,35,37-39,51H,24-29H2,1-7H3,(H,47,53)(H,48,52)/t35-,37-,38-,39+/m0/s1. The molecule has 4 aromatic rings. The number of carbonyl (C=O) groups excluding carboxylic acids is 3. The number of hydrogen-bond donors (Lipinski definition) is 3. The summed E-state index contributed by atoms with van der Waals surface area (Å²) in [5.41, 5.74) is 3.97. The Hall–Kier alpha value is -5.29. The number of aromatic nitrogens is 2. The molecule has 1 saturated heterocycles. The molecule has 0 bridgehead atoms. The van der Waals surface area contributed by atoms with Crippen molar-refractivity contribution in [2.75, 3.05) is 13.1 Å². The number of benzene rings is 2. The normalized spacial score (nSPS) is 15.6. The van der Waals surface area contributed by atoms with E-state index in [4.69, 9.17) is 4.74 Å². The number of urea groups is 1. The summed E-state index contributed by atoms with van der Waals surface area (Å²) >= 11 is 0. The van der Waals surface area contributed by atoms with Crippen molar-refractivity contribution < 1.29 is 24.2 Å². The molecule has 2 aromatic heterocycles. The third kappa shape index (κ3) is 11.8. The van der Waals surface area contributed by atoms with Crippen molar-refractivity contribution in [3.63, 3.8) is 0 Å². The maximum atomic E-state index is 14.5. The van der Waals surface area contributed by atoms with Crippen LogP contribution in [0.4, 0.5) is 9.59 Å². The molecule has 1 aliphatic rings. The summed E-state index contributed by atoms with van der Waals surface area (Å²) in [5.74, 6) is -0.356. The maximum Gasteiger partial charge on any atom is 0.407 e. The van der Waals surface area contributed by atoms with Gasteiger partial charge in [-0.25, -0.2) is 9.59 Å². The quantitative estimate of drug-likeness (QED) is 0.130. The Bertz CT molecular complexity index is 1870. The van der Waals surface area contributed by atoms with Crippen LogP contribution >= 0.6 is 0 Å². The zero-order chi connectivity index (χ0) is 39.8. The van der Waals surface area contributed by atoms with Crippen LogP contribution in [0.15, 0.2) is 97.2 Å². The average molecular weight is 749 g/mol. The molecule has 0 radical (unpaired) electrons. The minimum Gasteiger partial charge on any atom is -0.444 e. The molecule has 4 atom stereocenters. The number of hydrogen-bond acceptors (Lipinski definition) is 7. The molecule has 2 aromatic carbocycles. The molecule has 5 rings (SSSR count). The van der Waals surface area contributed by atoms with Crippen molar-refractivity contribution >= 4 is 18.0 Å². The van der Waals surface area contributed by atoms with E-state index < -0.39 is 41.3 Å². The van der Waals surface area contributed by atoms with Crippen molar-refractivity contribution in [3.8, 4) is 11.3 Å². The summed E-state index contributed by atoms with van der Waals surface area (Å²) in [5, 5.41) is 18.2. The molecule has 0 aliphatic carbocycles. The summed E-state index contributed by atoms with van der Waals surface area (Å²) < 4.78 is 5.59. The summed E-state index contributed by atoms with van der Waals surface area (Å²) in [4.78, 5) is 53.9. The van der Waals surface area contributed by atoms with Crippen molar-refractivity contribution in [3.05, 3.63) is 120 Å². The number of carbonyl (C=O) groups is 3. The van der Waals surface area contributed by atoms with Gasteiger partial charge in [-0.15, -0.1) is 0 Å². The summed E-state index contributed by atoms with van der Waals surface area (Å²) in [7, 11) is 0. The zero-order valence-corrected chi connectivity index (χ0v) is 33.2. The largest absolute Gasteiger partial charge is 0.444 e. The molecule has 1 aliphatic heterocycles. The Balaban J connectivity index is 1.40. The van der Waals surface area contributed by atoms with E-state index in [1.165, 1.54) is 0 Å². The van der Waals surface area contributed by atoms with Crippen LogP contribution in [0.1, 0.15) is 70.5 Å². The molecule has 3 N–H and O–H groups in total. The summed E-state index contributed by atoms with van der Waals surface area (Å²) in [6.07, 6.45) is 0.951. The van der Waals surface area contributed by atoms with Gasteiger partial charge in [0.2, 0.25) is 5.91 Å². The van der Waals surface area contributed by atoms with E-state index in [2.05, 4.69) is 20.6 Å². The monoisotopic (exact) mass is 748 g/mol. The van der Waals surface area contributed by atoms with Crippen LogP contribution in [0.2, 0.25) is 0 Å². The predicted octanol–water partition coefficient (Wildman–Crippen LogP) is 6.72.